The molecule has 4 rings (SSSR count). The first-order chi connectivity index (χ1) is 12.1. The fraction of sp³-hybridized carbons (Fsp3) is 0.250. The molecule has 0 spiro atoms. The molecule has 4 nitrogen and oxygen atoms in total. The van der Waals surface area contributed by atoms with Gasteiger partial charge in [0, 0.05) is 53.3 Å². The van der Waals surface area contributed by atoms with Crippen LogP contribution in [0.1, 0.15) is 27.2 Å². The summed E-state index contributed by atoms with van der Waals surface area (Å²) in [4.78, 5) is 12.0. The van der Waals surface area contributed by atoms with Gasteiger partial charge in [0.1, 0.15) is 0 Å². The van der Waals surface area contributed by atoms with Crippen molar-refractivity contribution >= 4 is 32.7 Å². The summed E-state index contributed by atoms with van der Waals surface area (Å²) in [6.07, 6.45) is 0.914. The smallest absolute Gasteiger partial charge is 0.251 e. The van der Waals surface area contributed by atoms with E-state index in [1.54, 1.807) is 0 Å². The van der Waals surface area contributed by atoms with Crippen molar-refractivity contribution in [2.24, 2.45) is 7.05 Å². The number of halogens is 1. The number of aromatic nitrogens is 1. The number of hydrogen-bond acceptors (Lipinski definition) is 2. The quantitative estimate of drug-likeness (QED) is 0.707. The van der Waals surface area contributed by atoms with E-state index in [1.165, 1.54) is 16.6 Å². The number of carbonyl (C=O) groups is 1. The Kier molecular flexibility index (Phi) is 4.36. The second-order valence-corrected chi connectivity index (χ2v) is 7.23. The highest BCUT2D eigenvalue weighted by atomic mass is 79.9. The van der Waals surface area contributed by atoms with E-state index in [4.69, 9.17) is 0 Å². The lowest BCUT2D eigenvalue weighted by Gasteiger charge is -2.17. The van der Waals surface area contributed by atoms with Crippen molar-refractivity contribution in [3.63, 3.8) is 0 Å². The minimum absolute atomic E-state index is 0.0412. The van der Waals surface area contributed by atoms with Crippen LogP contribution in [0.15, 0.2) is 46.9 Å². The van der Waals surface area contributed by atoms with Crippen molar-refractivity contribution in [1.29, 1.82) is 0 Å². The molecule has 0 fully saturated rings. The van der Waals surface area contributed by atoms with Crippen molar-refractivity contribution in [3.05, 3.63) is 69.3 Å². The molecule has 1 aliphatic heterocycles. The zero-order valence-corrected chi connectivity index (χ0v) is 15.7. The van der Waals surface area contributed by atoms with E-state index in [0.717, 1.165) is 47.2 Å². The Bertz CT molecular complexity index is 922. The zero-order valence-electron chi connectivity index (χ0n) is 14.1. The summed E-state index contributed by atoms with van der Waals surface area (Å²) in [5.41, 5.74) is 5.53. The van der Waals surface area contributed by atoms with Gasteiger partial charge in [-0.25, -0.2) is 0 Å². The molecule has 128 valence electrons. The summed E-state index contributed by atoms with van der Waals surface area (Å²) in [6.45, 7) is 2.22. The molecule has 25 heavy (non-hydrogen) atoms. The molecule has 1 aromatic heterocycles. The number of nitrogens with one attached hydrogen (secondary N) is 2. The number of aryl methyl sites for hydroxylation is 1. The van der Waals surface area contributed by atoms with Gasteiger partial charge < -0.3 is 15.2 Å². The van der Waals surface area contributed by atoms with Crippen LogP contribution in [0.5, 0.6) is 0 Å². The van der Waals surface area contributed by atoms with Crippen LogP contribution in [-0.4, -0.2) is 17.0 Å². The lowest BCUT2D eigenvalue weighted by atomic mass is 9.98. The van der Waals surface area contributed by atoms with Gasteiger partial charge in [0.2, 0.25) is 0 Å². The van der Waals surface area contributed by atoms with Gasteiger partial charge in [-0.2, -0.15) is 0 Å². The Balaban J connectivity index is 1.50. The van der Waals surface area contributed by atoms with Crippen LogP contribution >= 0.6 is 15.9 Å². The summed E-state index contributed by atoms with van der Waals surface area (Å²) in [7, 11) is 2.09. The first-order valence-electron chi connectivity index (χ1n) is 8.47. The van der Waals surface area contributed by atoms with Gasteiger partial charge in [0.15, 0.2) is 0 Å². The first-order valence-corrected chi connectivity index (χ1v) is 9.27. The lowest BCUT2D eigenvalue weighted by Crippen LogP contribution is -2.32. The molecule has 2 heterocycles. The van der Waals surface area contributed by atoms with Crippen molar-refractivity contribution < 1.29 is 4.79 Å². The van der Waals surface area contributed by atoms with Gasteiger partial charge in [0.25, 0.3) is 5.91 Å². The van der Waals surface area contributed by atoms with E-state index >= 15 is 0 Å². The fourth-order valence-electron chi connectivity index (χ4n) is 3.49. The summed E-state index contributed by atoms with van der Waals surface area (Å²) < 4.78 is 3.36. The van der Waals surface area contributed by atoms with E-state index in [2.05, 4.69) is 74.6 Å². The lowest BCUT2D eigenvalue weighted by molar-refractivity contribution is 0.0946. The second-order valence-electron chi connectivity index (χ2n) is 6.44. The molecule has 2 aromatic carbocycles. The van der Waals surface area contributed by atoms with Crippen LogP contribution in [0.2, 0.25) is 0 Å². The number of benzene rings is 2. The summed E-state index contributed by atoms with van der Waals surface area (Å²) >= 11 is 3.73. The van der Waals surface area contributed by atoms with E-state index in [0.29, 0.717) is 0 Å². The molecule has 0 saturated heterocycles. The molecule has 1 amide bonds. The van der Waals surface area contributed by atoms with Crippen LogP contribution < -0.4 is 10.6 Å². The molecular formula is C20H20BrN3O. The predicted molar refractivity (Wildman–Crippen MR) is 104 cm³/mol. The molecule has 1 aliphatic rings. The highest BCUT2D eigenvalue weighted by Gasteiger charge is 2.17. The fourth-order valence-corrected chi connectivity index (χ4v) is 4.23. The first kappa shape index (κ1) is 16.4. The number of hydrogen-bond donors (Lipinski definition) is 2. The molecular weight excluding hydrogens is 378 g/mol. The standard InChI is InChI=1S/C20H20BrN3O/c1-24-17-5-3-2-4-15(17)19(21)18(24)12-22-11-13-6-7-14-8-9-23-20(25)16(14)10-13/h2-7,10,22H,8-9,11-12H2,1H3,(H,23,25). The minimum atomic E-state index is 0.0412. The van der Waals surface area contributed by atoms with E-state index < -0.39 is 0 Å². The van der Waals surface area contributed by atoms with Crippen LogP contribution in [0, 0.1) is 0 Å². The number of nitrogens with zero attached hydrogens (tertiary/aromatic N) is 1. The third-order valence-corrected chi connectivity index (χ3v) is 5.77. The van der Waals surface area contributed by atoms with Crippen LogP contribution in [0.3, 0.4) is 0 Å². The second kappa shape index (κ2) is 6.65. The van der Waals surface area contributed by atoms with Gasteiger partial charge in [-0.15, -0.1) is 0 Å². The van der Waals surface area contributed by atoms with Gasteiger partial charge in [-0.05, 0) is 45.6 Å². The Labute approximate surface area is 155 Å². The number of fused-ring (bicyclic) bond motifs is 2. The molecule has 0 saturated carbocycles. The average Bonchev–Trinajstić information content (AvgIpc) is 2.88. The van der Waals surface area contributed by atoms with E-state index in [9.17, 15) is 4.79 Å². The predicted octanol–water partition coefficient (Wildman–Crippen LogP) is 3.52. The van der Waals surface area contributed by atoms with Gasteiger partial charge in [-0.1, -0.05) is 30.3 Å². The number of amides is 1. The van der Waals surface area contributed by atoms with Crippen molar-refractivity contribution in [2.45, 2.75) is 19.5 Å². The number of para-hydroxylation sites is 1. The Morgan fingerprint density at radius 2 is 2.04 bits per heavy atom. The zero-order chi connectivity index (χ0) is 17.4. The SMILES string of the molecule is Cn1c(CNCc2ccc3c(c2)C(=O)NCC3)c(Br)c2ccccc21. The molecule has 0 radical (unpaired) electrons. The van der Waals surface area contributed by atoms with Gasteiger partial charge >= 0.3 is 0 Å². The normalized spacial score (nSPS) is 13.8. The van der Waals surface area contributed by atoms with Gasteiger partial charge in [0.05, 0.1) is 0 Å². The van der Waals surface area contributed by atoms with Crippen molar-refractivity contribution in [2.75, 3.05) is 6.54 Å². The summed E-state index contributed by atoms with van der Waals surface area (Å²) in [6, 6.07) is 14.6. The van der Waals surface area contributed by atoms with Crippen LogP contribution in [0.25, 0.3) is 10.9 Å². The maximum absolute atomic E-state index is 12.0. The number of rotatable bonds is 4. The molecule has 0 bridgehead atoms. The minimum Gasteiger partial charge on any atom is -0.352 e. The molecule has 0 unspecified atom stereocenters. The number of carbonyl (C=O) groups excluding carboxylic acids is 1. The monoisotopic (exact) mass is 397 g/mol. The third kappa shape index (κ3) is 2.98. The summed E-state index contributed by atoms with van der Waals surface area (Å²) in [5.74, 6) is 0.0412. The van der Waals surface area contributed by atoms with Crippen molar-refractivity contribution in [3.8, 4) is 0 Å². The Morgan fingerprint density at radius 1 is 1.20 bits per heavy atom. The Hall–Kier alpha value is -2.11. The maximum Gasteiger partial charge on any atom is 0.251 e. The largest absolute Gasteiger partial charge is 0.352 e. The van der Waals surface area contributed by atoms with Gasteiger partial charge in [-0.3, -0.25) is 4.79 Å². The summed E-state index contributed by atoms with van der Waals surface area (Å²) in [5, 5.41) is 7.64. The van der Waals surface area contributed by atoms with E-state index in [-0.39, 0.29) is 5.91 Å². The molecule has 3 aromatic rings. The Morgan fingerprint density at radius 3 is 2.88 bits per heavy atom. The van der Waals surface area contributed by atoms with Crippen LogP contribution in [-0.2, 0) is 26.6 Å². The van der Waals surface area contributed by atoms with Crippen molar-refractivity contribution in [1.82, 2.24) is 15.2 Å². The molecule has 2 N–H and O–H groups in total. The maximum atomic E-state index is 12.0. The topological polar surface area (TPSA) is 46.1 Å². The molecule has 0 atom stereocenters. The highest BCUT2D eigenvalue weighted by molar-refractivity contribution is 9.10. The average molecular weight is 398 g/mol. The van der Waals surface area contributed by atoms with Crippen LogP contribution in [0.4, 0.5) is 0 Å². The molecule has 5 heteroatoms. The molecule has 0 aliphatic carbocycles. The van der Waals surface area contributed by atoms with E-state index in [1.807, 2.05) is 6.07 Å². The third-order valence-electron chi connectivity index (χ3n) is 4.88. The highest BCUT2D eigenvalue weighted by Crippen LogP contribution is 2.30.